The predicted octanol–water partition coefficient (Wildman–Crippen LogP) is 5.31. The zero-order valence-electron chi connectivity index (χ0n) is 18.7. The van der Waals surface area contributed by atoms with Crippen LogP contribution >= 0.6 is 0 Å². The molecule has 0 aromatic heterocycles. The van der Waals surface area contributed by atoms with Gasteiger partial charge in [0.2, 0.25) is 0 Å². The van der Waals surface area contributed by atoms with Crippen molar-refractivity contribution in [1.82, 2.24) is 0 Å². The van der Waals surface area contributed by atoms with Crippen molar-refractivity contribution < 1.29 is 9.90 Å². The minimum Gasteiger partial charge on any atom is -0.472 e. The van der Waals surface area contributed by atoms with E-state index in [1.807, 2.05) is 12.1 Å². The molecule has 6 N–H and O–H groups in total. The number of hydrogen-bond donors (Lipinski definition) is 4. The molecule has 0 aliphatic heterocycles. The Morgan fingerprint density at radius 2 is 1.29 bits per heavy atom. The van der Waals surface area contributed by atoms with Crippen LogP contribution in [0.3, 0.4) is 0 Å². The first kappa shape index (κ1) is 25.4. The molecule has 0 amide bonds. The summed E-state index contributed by atoms with van der Waals surface area (Å²) in [5.74, 6) is -0.106. The van der Waals surface area contributed by atoms with Crippen LogP contribution in [-0.4, -0.2) is 17.0 Å². The number of carboxylic acid groups (broad SMARTS) is 1. The van der Waals surface area contributed by atoms with E-state index >= 15 is 0 Å². The Labute approximate surface area is 199 Å². The highest BCUT2D eigenvalue weighted by Crippen LogP contribution is 2.27. The number of nitrogens with two attached hydrogens (primary N) is 2. The van der Waals surface area contributed by atoms with Gasteiger partial charge in [-0.2, -0.15) is 0 Å². The molecule has 0 atom stereocenters. The van der Waals surface area contributed by atoms with E-state index < -0.39 is 5.97 Å². The van der Waals surface area contributed by atoms with Crippen molar-refractivity contribution >= 4 is 28.8 Å². The monoisotopic (exact) mass is 449 g/mol. The van der Waals surface area contributed by atoms with Crippen molar-refractivity contribution in [1.29, 1.82) is 5.41 Å². The molecule has 0 saturated heterocycles. The van der Waals surface area contributed by atoms with Crippen LogP contribution in [0.25, 0.3) is 28.0 Å². The van der Waals surface area contributed by atoms with Gasteiger partial charge in [-0.25, -0.2) is 4.79 Å². The van der Waals surface area contributed by atoms with Gasteiger partial charge in [0.1, 0.15) is 0 Å². The summed E-state index contributed by atoms with van der Waals surface area (Å²) in [4.78, 5) is 9.13. The molecular formula is C29H27N3O2. The molecule has 0 unspecified atom stereocenters. The third kappa shape index (κ3) is 8.37. The van der Waals surface area contributed by atoms with Gasteiger partial charge in [-0.1, -0.05) is 109 Å². The Morgan fingerprint density at radius 1 is 0.824 bits per heavy atom. The Kier molecular flexibility index (Phi) is 10.1. The van der Waals surface area contributed by atoms with Crippen molar-refractivity contribution in [2.75, 3.05) is 0 Å². The molecule has 4 aromatic carbocycles. The van der Waals surface area contributed by atoms with Crippen LogP contribution in [0.4, 0.5) is 0 Å². The van der Waals surface area contributed by atoms with E-state index in [0.717, 1.165) is 6.42 Å². The molecule has 4 aromatic rings. The SMILES string of the molecule is C#CC(=O)O.C1=Cc2cccc3cccc(c23)C1.N=C(N)N.c1ccc(-c2ccccc2)cc1. The summed E-state index contributed by atoms with van der Waals surface area (Å²) in [5, 5.41) is 16.3. The standard InChI is InChI=1S/C13H10.C12H10.C3H2O2.CH5N3/c1-4-10-6-2-8-12-9-3-7-11(5-1)13(10)12;1-3-7-11(8-4-1)12-9-5-2-6-10-12;1-2-3(4)5;2-1(3)4/h1-8H,9H2;1-10H;1H,(H,4,5);(H5,2,3,4). The fraction of sp³-hybridized carbons (Fsp3) is 0.0345. The first-order valence-electron chi connectivity index (χ1n) is 10.5. The Balaban J connectivity index is 0.000000180. The van der Waals surface area contributed by atoms with Crippen molar-refractivity contribution in [2.24, 2.45) is 11.5 Å². The molecule has 5 heteroatoms. The molecule has 5 nitrogen and oxygen atoms in total. The number of benzene rings is 4. The van der Waals surface area contributed by atoms with E-state index in [0.29, 0.717) is 0 Å². The summed E-state index contributed by atoms with van der Waals surface area (Å²) in [6, 6.07) is 33.8. The van der Waals surface area contributed by atoms with Gasteiger partial charge >= 0.3 is 5.97 Å². The van der Waals surface area contributed by atoms with Crippen LogP contribution in [0.5, 0.6) is 0 Å². The third-order valence-electron chi connectivity index (χ3n) is 4.66. The number of guanidine groups is 1. The summed E-state index contributed by atoms with van der Waals surface area (Å²) in [5.41, 5.74) is 14.3. The molecule has 0 bridgehead atoms. The lowest BCUT2D eigenvalue weighted by Gasteiger charge is -2.11. The predicted molar refractivity (Wildman–Crippen MR) is 141 cm³/mol. The van der Waals surface area contributed by atoms with Gasteiger partial charge in [0.05, 0.1) is 0 Å². The Bertz CT molecular complexity index is 1240. The molecule has 0 saturated carbocycles. The highest BCUT2D eigenvalue weighted by Gasteiger charge is 2.06. The van der Waals surface area contributed by atoms with Crippen LogP contribution in [0.2, 0.25) is 0 Å². The minimum absolute atomic E-state index is 0.333. The van der Waals surface area contributed by atoms with E-state index in [1.165, 1.54) is 38.9 Å². The number of aliphatic carboxylic acids is 1. The number of carboxylic acids is 1. The molecule has 34 heavy (non-hydrogen) atoms. The summed E-state index contributed by atoms with van der Waals surface area (Å²) in [6.45, 7) is 0. The van der Waals surface area contributed by atoms with Crippen molar-refractivity contribution in [2.45, 2.75) is 6.42 Å². The highest BCUT2D eigenvalue weighted by atomic mass is 16.4. The van der Waals surface area contributed by atoms with Crippen LogP contribution in [0.15, 0.2) is 103 Å². The maximum absolute atomic E-state index is 9.13. The van der Waals surface area contributed by atoms with Crippen LogP contribution in [-0.2, 0) is 11.2 Å². The quantitative estimate of drug-likeness (QED) is 0.179. The molecule has 0 fully saturated rings. The van der Waals surface area contributed by atoms with Gasteiger partial charge in [0, 0.05) is 5.92 Å². The molecular weight excluding hydrogens is 422 g/mol. The summed E-state index contributed by atoms with van der Waals surface area (Å²) in [6.07, 6.45) is 9.85. The van der Waals surface area contributed by atoms with Gasteiger partial charge in [-0.15, -0.1) is 6.42 Å². The van der Waals surface area contributed by atoms with Gasteiger partial charge < -0.3 is 16.6 Å². The average molecular weight is 450 g/mol. The number of rotatable bonds is 1. The first-order valence-corrected chi connectivity index (χ1v) is 10.5. The Morgan fingerprint density at radius 3 is 1.76 bits per heavy atom. The maximum Gasteiger partial charge on any atom is 0.381 e. The lowest BCUT2D eigenvalue weighted by Crippen LogP contribution is -2.20. The van der Waals surface area contributed by atoms with Crippen LogP contribution < -0.4 is 11.5 Å². The fourth-order valence-electron chi connectivity index (χ4n) is 3.33. The van der Waals surface area contributed by atoms with Crippen molar-refractivity contribution in [3.8, 4) is 23.5 Å². The van der Waals surface area contributed by atoms with Crippen LogP contribution in [0, 0.1) is 17.8 Å². The zero-order chi connectivity index (χ0) is 24.8. The van der Waals surface area contributed by atoms with E-state index in [2.05, 4.69) is 115 Å². The number of nitrogens with one attached hydrogen (secondary N) is 1. The first-order chi connectivity index (χ1) is 16.4. The summed E-state index contributed by atoms with van der Waals surface area (Å²) in [7, 11) is 0. The number of carbonyl (C=O) groups is 1. The summed E-state index contributed by atoms with van der Waals surface area (Å²) >= 11 is 0. The second kappa shape index (κ2) is 13.6. The number of allylic oxidation sites excluding steroid dienone is 1. The fourth-order valence-corrected chi connectivity index (χ4v) is 3.33. The molecule has 1 aliphatic carbocycles. The third-order valence-corrected chi connectivity index (χ3v) is 4.66. The lowest BCUT2D eigenvalue weighted by molar-refractivity contribution is -0.130. The van der Waals surface area contributed by atoms with Crippen LogP contribution in [0.1, 0.15) is 11.1 Å². The second-order valence-corrected chi connectivity index (χ2v) is 7.11. The Hall–Kier alpha value is -4.82. The summed E-state index contributed by atoms with van der Waals surface area (Å²) < 4.78 is 0. The van der Waals surface area contributed by atoms with Crippen molar-refractivity contribution in [3.05, 3.63) is 114 Å². The lowest BCUT2D eigenvalue weighted by atomic mass is 9.93. The molecule has 0 heterocycles. The number of hydrogen-bond acceptors (Lipinski definition) is 2. The molecule has 1 aliphatic rings. The average Bonchev–Trinajstić information content (AvgIpc) is 2.86. The van der Waals surface area contributed by atoms with Crippen molar-refractivity contribution in [3.63, 3.8) is 0 Å². The van der Waals surface area contributed by atoms with Gasteiger partial charge in [-0.05, 0) is 39.4 Å². The van der Waals surface area contributed by atoms with Gasteiger partial charge in [0.25, 0.3) is 0 Å². The topological polar surface area (TPSA) is 113 Å². The van der Waals surface area contributed by atoms with E-state index in [-0.39, 0.29) is 5.96 Å². The van der Waals surface area contributed by atoms with E-state index in [9.17, 15) is 0 Å². The molecule has 0 spiro atoms. The minimum atomic E-state index is -1.22. The van der Waals surface area contributed by atoms with Gasteiger partial charge in [0.15, 0.2) is 5.96 Å². The smallest absolute Gasteiger partial charge is 0.381 e. The van der Waals surface area contributed by atoms with E-state index in [1.54, 1.807) is 0 Å². The largest absolute Gasteiger partial charge is 0.472 e. The number of terminal acetylenes is 1. The molecule has 170 valence electrons. The van der Waals surface area contributed by atoms with Gasteiger partial charge in [-0.3, -0.25) is 5.41 Å². The highest BCUT2D eigenvalue weighted by molar-refractivity contribution is 5.94. The molecule has 5 rings (SSSR count). The van der Waals surface area contributed by atoms with E-state index in [4.69, 9.17) is 15.3 Å². The normalized spacial score (nSPS) is 10.1. The zero-order valence-corrected chi connectivity index (χ0v) is 18.7. The second-order valence-electron chi connectivity index (χ2n) is 7.11. The maximum atomic E-state index is 9.13. The molecule has 0 radical (unpaired) electrons.